The number of carbonyl (C=O) groups excluding carboxylic acids is 1. The number of ketones is 1. The van der Waals surface area contributed by atoms with Crippen LogP contribution in [-0.4, -0.2) is 32.8 Å². The van der Waals surface area contributed by atoms with Gasteiger partial charge in [-0.05, 0) is 30.7 Å². The van der Waals surface area contributed by atoms with Crippen molar-refractivity contribution in [3.63, 3.8) is 0 Å². The van der Waals surface area contributed by atoms with Crippen LogP contribution >= 0.6 is 0 Å². The fourth-order valence-corrected chi connectivity index (χ4v) is 2.09. The lowest BCUT2D eigenvalue weighted by molar-refractivity contribution is 0.0988. The van der Waals surface area contributed by atoms with Gasteiger partial charge in [0.2, 0.25) is 0 Å². The molecule has 1 aromatic rings. The van der Waals surface area contributed by atoms with Crippen LogP contribution in [0.15, 0.2) is 24.3 Å². The van der Waals surface area contributed by atoms with E-state index in [-0.39, 0.29) is 11.5 Å². The Kier molecular flexibility index (Phi) is 5.34. The number of ether oxygens (including phenoxy) is 1. The van der Waals surface area contributed by atoms with E-state index in [1.54, 1.807) is 24.3 Å². The standard InChI is InChI=1S/C13H18O4S/c1-3-13(14)11-5-7-12(8-6-11)17-9-4-10-18(2,15)16/h5-8H,3-4,9-10H2,1-2H3. The smallest absolute Gasteiger partial charge is 0.162 e. The predicted molar refractivity (Wildman–Crippen MR) is 70.9 cm³/mol. The molecule has 1 rings (SSSR count). The Balaban J connectivity index is 2.42. The maximum absolute atomic E-state index is 11.4. The monoisotopic (exact) mass is 270 g/mol. The normalized spacial score (nSPS) is 11.2. The van der Waals surface area contributed by atoms with Crippen molar-refractivity contribution < 1.29 is 17.9 Å². The highest BCUT2D eigenvalue weighted by molar-refractivity contribution is 7.90. The van der Waals surface area contributed by atoms with E-state index in [1.807, 2.05) is 6.92 Å². The van der Waals surface area contributed by atoms with E-state index in [4.69, 9.17) is 4.74 Å². The van der Waals surface area contributed by atoms with Crippen LogP contribution in [0.5, 0.6) is 5.75 Å². The maximum Gasteiger partial charge on any atom is 0.162 e. The Morgan fingerprint density at radius 2 is 1.83 bits per heavy atom. The highest BCUT2D eigenvalue weighted by Crippen LogP contribution is 2.13. The van der Waals surface area contributed by atoms with Crippen LogP contribution in [0.25, 0.3) is 0 Å². The molecule has 0 saturated heterocycles. The van der Waals surface area contributed by atoms with Crippen molar-refractivity contribution in [2.75, 3.05) is 18.6 Å². The van der Waals surface area contributed by atoms with Gasteiger partial charge in [-0.2, -0.15) is 0 Å². The molecule has 18 heavy (non-hydrogen) atoms. The molecule has 0 saturated carbocycles. The minimum Gasteiger partial charge on any atom is -0.494 e. The van der Waals surface area contributed by atoms with E-state index in [0.29, 0.717) is 30.8 Å². The molecule has 0 fully saturated rings. The lowest BCUT2D eigenvalue weighted by Gasteiger charge is -2.06. The first kappa shape index (κ1) is 14.7. The second kappa shape index (κ2) is 6.54. The van der Waals surface area contributed by atoms with Crippen LogP contribution in [0.2, 0.25) is 0 Å². The van der Waals surface area contributed by atoms with Gasteiger partial charge in [0.25, 0.3) is 0 Å². The second-order valence-corrected chi connectivity index (χ2v) is 6.39. The Bertz CT molecular complexity index is 488. The summed E-state index contributed by atoms with van der Waals surface area (Å²) >= 11 is 0. The van der Waals surface area contributed by atoms with Crippen molar-refractivity contribution in [3.8, 4) is 5.75 Å². The largest absolute Gasteiger partial charge is 0.494 e. The summed E-state index contributed by atoms with van der Waals surface area (Å²) in [7, 11) is -2.92. The van der Waals surface area contributed by atoms with Crippen LogP contribution < -0.4 is 4.74 Å². The van der Waals surface area contributed by atoms with E-state index in [1.165, 1.54) is 6.26 Å². The molecule has 0 N–H and O–H groups in total. The first-order chi connectivity index (χ1) is 8.42. The fourth-order valence-electron chi connectivity index (χ4n) is 1.45. The number of hydrogen-bond donors (Lipinski definition) is 0. The van der Waals surface area contributed by atoms with Crippen molar-refractivity contribution in [2.24, 2.45) is 0 Å². The summed E-state index contributed by atoms with van der Waals surface area (Å²) in [6.45, 7) is 2.17. The van der Waals surface area contributed by atoms with Crippen LogP contribution in [-0.2, 0) is 9.84 Å². The molecule has 0 aliphatic carbocycles. The summed E-state index contributed by atoms with van der Waals surface area (Å²) in [4.78, 5) is 11.4. The van der Waals surface area contributed by atoms with E-state index < -0.39 is 9.84 Å². The van der Waals surface area contributed by atoms with E-state index in [9.17, 15) is 13.2 Å². The number of hydrogen-bond acceptors (Lipinski definition) is 4. The van der Waals surface area contributed by atoms with Crippen LogP contribution in [0.4, 0.5) is 0 Å². The Morgan fingerprint density at radius 1 is 1.22 bits per heavy atom. The van der Waals surface area contributed by atoms with Gasteiger partial charge in [0.15, 0.2) is 5.78 Å². The second-order valence-electron chi connectivity index (χ2n) is 4.13. The molecule has 4 nitrogen and oxygen atoms in total. The molecule has 1 aromatic carbocycles. The molecule has 0 spiro atoms. The molecular weight excluding hydrogens is 252 g/mol. The van der Waals surface area contributed by atoms with Crippen molar-refractivity contribution >= 4 is 15.6 Å². The summed E-state index contributed by atoms with van der Waals surface area (Å²) in [6.07, 6.45) is 2.15. The van der Waals surface area contributed by atoms with Gasteiger partial charge >= 0.3 is 0 Å². The highest BCUT2D eigenvalue weighted by Gasteiger charge is 2.04. The lowest BCUT2D eigenvalue weighted by atomic mass is 10.1. The fraction of sp³-hybridized carbons (Fsp3) is 0.462. The number of benzene rings is 1. The van der Waals surface area contributed by atoms with Gasteiger partial charge in [-0.3, -0.25) is 4.79 Å². The van der Waals surface area contributed by atoms with Crippen LogP contribution in [0.1, 0.15) is 30.1 Å². The molecule has 100 valence electrons. The van der Waals surface area contributed by atoms with Gasteiger partial charge in [-0.25, -0.2) is 8.42 Å². The summed E-state index contributed by atoms with van der Waals surface area (Å²) in [5.74, 6) is 0.870. The summed E-state index contributed by atoms with van der Waals surface area (Å²) in [5.41, 5.74) is 0.668. The van der Waals surface area contributed by atoms with Crippen molar-refractivity contribution in [1.82, 2.24) is 0 Å². The van der Waals surface area contributed by atoms with Gasteiger partial charge in [0.05, 0.1) is 12.4 Å². The van der Waals surface area contributed by atoms with Crippen molar-refractivity contribution in [2.45, 2.75) is 19.8 Å². The zero-order chi connectivity index (χ0) is 13.6. The van der Waals surface area contributed by atoms with Crippen molar-refractivity contribution in [3.05, 3.63) is 29.8 Å². The topological polar surface area (TPSA) is 60.4 Å². The van der Waals surface area contributed by atoms with E-state index >= 15 is 0 Å². The first-order valence-corrected chi connectivity index (χ1v) is 7.92. The molecule has 0 unspecified atom stereocenters. The molecule has 5 heteroatoms. The molecule has 0 radical (unpaired) electrons. The SMILES string of the molecule is CCC(=O)c1ccc(OCCCS(C)(=O)=O)cc1. The van der Waals surface area contributed by atoms with Crippen LogP contribution in [0.3, 0.4) is 0 Å². The number of sulfone groups is 1. The maximum atomic E-state index is 11.4. The average Bonchev–Trinajstić information content (AvgIpc) is 2.33. The number of rotatable bonds is 7. The zero-order valence-corrected chi connectivity index (χ0v) is 11.5. The Morgan fingerprint density at radius 3 is 2.33 bits per heavy atom. The molecule has 0 atom stereocenters. The third kappa shape index (κ3) is 5.31. The third-order valence-electron chi connectivity index (χ3n) is 2.43. The summed E-state index contributed by atoms with van der Waals surface area (Å²) in [6, 6.07) is 6.89. The minimum atomic E-state index is -2.92. The molecule has 0 heterocycles. The average molecular weight is 270 g/mol. The molecule has 0 bridgehead atoms. The summed E-state index contributed by atoms with van der Waals surface area (Å²) < 4.78 is 27.2. The minimum absolute atomic E-state index is 0.0960. The van der Waals surface area contributed by atoms with Gasteiger partial charge in [0, 0.05) is 18.2 Å². The van der Waals surface area contributed by atoms with Gasteiger partial charge in [-0.15, -0.1) is 0 Å². The van der Waals surface area contributed by atoms with E-state index in [0.717, 1.165) is 0 Å². The van der Waals surface area contributed by atoms with Crippen molar-refractivity contribution in [1.29, 1.82) is 0 Å². The molecule has 0 aliphatic heterocycles. The number of carbonyl (C=O) groups is 1. The molecular formula is C13H18O4S. The third-order valence-corrected chi connectivity index (χ3v) is 3.46. The van der Waals surface area contributed by atoms with Gasteiger partial charge < -0.3 is 4.74 Å². The van der Waals surface area contributed by atoms with E-state index in [2.05, 4.69) is 0 Å². The number of Topliss-reactive ketones (excluding diaryl/α,β-unsaturated/α-hetero) is 1. The zero-order valence-electron chi connectivity index (χ0n) is 10.7. The lowest BCUT2D eigenvalue weighted by Crippen LogP contribution is -2.08. The van der Waals surface area contributed by atoms with Gasteiger partial charge in [-0.1, -0.05) is 6.92 Å². The van der Waals surface area contributed by atoms with Gasteiger partial charge in [0.1, 0.15) is 15.6 Å². The first-order valence-electron chi connectivity index (χ1n) is 5.86. The molecule has 0 aromatic heterocycles. The predicted octanol–water partition coefficient (Wildman–Crippen LogP) is 2.09. The molecule has 0 amide bonds. The molecule has 0 aliphatic rings. The quantitative estimate of drug-likeness (QED) is 0.562. The Labute approximate surface area is 108 Å². The summed E-state index contributed by atoms with van der Waals surface area (Å²) in [5, 5.41) is 0. The highest BCUT2D eigenvalue weighted by atomic mass is 32.2. The Hall–Kier alpha value is -1.36. The van der Waals surface area contributed by atoms with Crippen LogP contribution in [0, 0.1) is 0 Å².